The van der Waals surface area contributed by atoms with Crippen LogP contribution in [0.25, 0.3) is 21.3 Å². The molecule has 2 aromatic carbocycles. The molecule has 0 saturated carbocycles. The second-order valence-corrected chi connectivity index (χ2v) is 11.6. The number of piperidine rings is 1. The van der Waals surface area contributed by atoms with Gasteiger partial charge in [0, 0.05) is 28.0 Å². The number of benzene rings is 2. The van der Waals surface area contributed by atoms with E-state index in [1.54, 1.807) is 18.4 Å². The van der Waals surface area contributed by atoms with Gasteiger partial charge in [-0.05, 0) is 70.3 Å². The molecule has 2 N–H and O–H groups in total. The largest absolute Gasteiger partial charge is 0.496 e. The number of anilines is 2. The molecule has 0 radical (unpaired) electrons. The molecule has 0 amide bonds. The normalized spacial score (nSPS) is 17.1. The highest BCUT2D eigenvalue weighted by atomic mass is 32.1. The van der Waals surface area contributed by atoms with E-state index >= 15 is 0 Å². The highest BCUT2D eigenvalue weighted by Crippen LogP contribution is 2.47. The van der Waals surface area contributed by atoms with Gasteiger partial charge in [0.2, 0.25) is 5.95 Å². The highest BCUT2D eigenvalue weighted by Gasteiger charge is 2.35. The molecule has 0 aliphatic carbocycles. The Bertz CT molecular complexity index is 1440. The maximum atomic E-state index is 6.50. The van der Waals surface area contributed by atoms with E-state index in [-0.39, 0.29) is 5.60 Å². The number of methoxy groups -OCH3 is 1. The van der Waals surface area contributed by atoms with Gasteiger partial charge in [0.05, 0.1) is 29.2 Å². The summed E-state index contributed by atoms with van der Waals surface area (Å²) in [7, 11) is 1.71. The lowest BCUT2D eigenvalue weighted by atomic mass is 9.84. The van der Waals surface area contributed by atoms with Gasteiger partial charge in [-0.15, -0.1) is 11.3 Å². The van der Waals surface area contributed by atoms with E-state index in [0.29, 0.717) is 11.9 Å². The third-order valence-corrected chi connectivity index (χ3v) is 8.32. The molecule has 36 heavy (non-hydrogen) atoms. The van der Waals surface area contributed by atoms with Crippen LogP contribution in [0.4, 0.5) is 11.6 Å². The number of rotatable bonds is 5. The second kappa shape index (κ2) is 9.05. The third-order valence-electron chi connectivity index (χ3n) is 7.29. The number of aryl methyl sites for hydroxylation is 1. The highest BCUT2D eigenvalue weighted by molar-refractivity contribution is 7.19. The molecule has 4 heterocycles. The van der Waals surface area contributed by atoms with Crippen molar-refractivity contribution in [2.45, 2.75) is 51.6 Å². The van der Waals surface area contributed by atoms with Crippen LogP contribution < -0.4 is 20.1 Å². The number of ether oxygens (including phenoxy) is 2. The van der Waals surface area contributed by atoms with Crippen LogP contribution in [0.1, 0.15) is 48.6 Å². The summed E-state index contributed by atoms with van der Waals surface area (Å²) in [5.41, 5.74) is 6.55. The fourth-order valence-corrected chi connectivity index (χ4v) is 6.64. The van der Waals surface area contributed by atoms with E-state index in [2.05, 4.69) is 54.6 Å². The summed E-state index contributed by atoms with van der Waals surface area (Å²) in [6.45, 7) is 8.61. The number of para-hydroxylation sites is 1. The van der Waals surface area contributed by atoms with Crippen molar-refractivity contribution in [3.05, 3.63) is 58.6 Å². The van der Waals surface area contributed by atoms with Gasteiger partial charge in [-0.25, -0.2) is 9.97 Å². The van der Waals surface area contributed by atoms with Gasteiger partial charge in [-0.1, -0.05) is 24.3 Å². The molecule has 6 rings (SSSR count). The molecular weight excluding hydrogens is 468 g/mol. The molecular formula is C29H32N4O2S. The molecule has 6 nitrogen and oxygen atoms in total. The number of aromatic nitrogens is 2. The summed E-state index contributed by atoms with van der Waals surface area (Å²) in [5, 5.41) is 6.98. The summed E-state index contributed by atoms with van der Waals surface area (Å²) in [6, 6.07) is 12.5. The number of fused-ring (bicyclic) bond motifs is 2. The molecule has 0 atom stereocenters. The number of nitrogens with zero attached hydrogens (tertiary/aromatic N) is 2. The predicted molar refractivity (Wildman–Crippen MR) is 147 cm³/mol. The average molecular weight is 501 g/mol. The zero-order valence-corrected chi connectivity index (χ0v) is 22.1. The molecule has 2 aliphatic rings. The summed E-state index contributed by atoms with van der Waals surface area (Å²) in [4.78, 5) is 10.8. The van der Waals surface area contributed by atoms with Crippen molar-refractivity contribution in [2.75, 3.05) is 25.5 Å². The molecule has 4 aromatic rings. The van der Waals surface area contributed by atoms with Crippen LogP contribution >= 0.6 is 11.3 Å². The lowest BCUT2D eigenvalue weighted by molar-refractivity contribution is 0.139. The van der Waals surface area contributed by atoms with Crippen molar-refractivity contribution in [1.82, 2.24) is 15.3 Å². The molecule has 7 heteroatoms. The summed E-state index contributed by atoms with van der Waals surface area (Å²) >= 11 is 1.71. The maximum Gasteiger partial charge on any atom is 0.227 e. The van der Waals surface area contributed by atoms with Gasteiger partial charge in [0.15, 0.2) is 0 Å². The van der Waals surface area contributed by atoms with Crippen molar-refractivity contribution in [1.29, 1.82) is 0 Å². The molecule has 1 fully saturated rings. The van der Waals surface area contributed by atoms with Crippen molar-refractivity contribution in [3.63, 3.8) is 0 Å². The smallest absolute Gasteiger partial charge is 0.227 e. The quantitative estimate of drug-likeness (QED) is 0.322. The van der Waals surface area contributed by atoms with Crippen LogP contribution in [0.2, 0.25) is 0 Å². The number of hydrogen-bond donors (Lipinski definition) is 2. The van der Waals surface area contributed by atoms with Crippen molar-refractivity contribution in [3.8, 4) is 22.6 Å². The fraction of sp³-hybridized carbons (Fsp3) is 0.379. The van der Waals surface area contributed by atoms with Gasteiger partial charge in [0.25, 0.3) is 0 Å². The zero-order chi connectivity index (χ0) is 24.9. The number of nitrogens with one attached hydrogen (secondary N) is 2. The van der Waals surface area contributed by atoms with E-state index in [4.69, 9.17) is 14.5 Å². The second-order valence-electron chi connectivity index (χ2n) is 10.3. The standard InChI is InChI=1S/C29H32N4O2S/c1-17-25(20-7-5-6-8-23(20)34-4)26-24(36-17)16-31-28(33-26)32-22-10-9-19(18-11-13-30-14-12-18)21-15-29(2,3)35-27(21)22/h5-10,16,18,30H,11-15H2,1-4H3,(H,31,32,33). The van der Waals surface area contributed by atoms with E-state index in [1.165, 1.54) is 28.8 Å². The molecule has 0 bridgehead atoms. The Balaban J connectivity index is 1.40. The molecule has 1 saturated heterocycles. The van der Waals surface area contributed by atoms with E-state index in [0.717, 1.165) is 58.0 Å². The number of hydrogen-bond acceptors (Lipinski definition) is 7. The van der Waals surface area contributed by atoms with Gasteiger partial charge >= 0.3 is 0 Å². The minimum Gasteiger partial charge on any atom is -0.496 e. The van der Waals surface area contributed by atoms with E-state index < -0.39 is 0 Å². The molecule has 2 aromatic heterocycles. The Morgan fingerprint density at radius 2 is 1.94 bits per heavy atom. The first-order valence-electron chi connectivity index (χ1n) is 12.7. The average Bonchev–Trinajstić information content (AvgIpc) is 3.39. The van der Waals surface area contributed by atoms with Gasteiger partial charge in [0.1, 0.15) is 17.1 Å². The minimum atomic E-state index is -0.228. The van der Waals surface area contributed by atoms with Crippen molar-refractivity contribution < 1.29 is 9.47 Å². The first-order chi connectivity index (χ1) is 17.4. The minimum absolute atomic E-state index is 0.228. The first-order valence-corrected chi connectivity index (χ1v) is 13.5. The lowest BCUT2D eigenvalue weighted by Crippen LogP contribution is -2.27. The van der Waals surface area contributed by atoms with Crippen molar-refractivity contribution in [2.24, 2.45) is 0 Å². The summed E-state index contributed by atoms with van der Waals surface area (Å²) in [5.74, 6) is 2.94. The molecule has 0 spiro atoms. The first kappa shape index (κ1) is 23.3. The maximum absolute atomic E-state index is 6.50. The Labute approximate surface area is 216 Å². The Kier molecular flexibility index (Phi) is 5.85. The topological polar surface area (TPSA) is 68.3 Å². The SMILES string of the molecule is COc1ccccc1-c1c(C)sc2cnc(Nc3ccc(C4CCNCC4)c4c3OC(C)(C)C4)nc12. The summed E-state index contributed by atoms with van der Waals surface area (Å²) < 4.78 is 13.2. The molecule has 186 valence electrons. The summed E-state index contributed by atoms with van der Waals surface area (Å²) in [6.07, 6.45) is 5.17. The van der Waals surface area contributed by atoms with Crippen LogP contribution in [0.3, 0.4) is 0 Å². The van der Waals surface area contributed by atoms with Crippen LogP contribution in [0, 0.1) is 6.92 Å². The van der Waals surface area contributed by atoms with Crippen molar-refractivity contribution >= 4 is 33.2 Å². The van der Waals surface area contributed by atoms with Crippen LogP contribution in [0.15, 0.2) is 42.6 Å². The van der Waals surface area contributed by atoms with E-state index in [9.17, 15) is 0 Å². The Morgan fingerprint density at radius 1 is 1.14 bits per heavy atom. The zero-order valence-electron chi connectivity index (χ0n) is 21.3. The monoisotopic (exact) mass is 500 g/mol. The van der Waals surface area contributed by atoms with Crippen LogP contribution in [0.5, 0.6) is 11.5 Å². The van der Waals surface area contributed by atoms with Crippen LogP contribution in [-0.4, -0.2) is 35.8 Å². The third kappa shape index (κ3) is 4.10. The van der Waals surface area contributed by atoms with Gasteiger partial charge in [-0.3, -0.25) is 0 Å². The number of thiophene rings is 1. The lowest BCUT2D eigenvalue weighted by Gasteiger charge is -2.25. The van der Waals surface area contributed by atoms with Gasteiger partial charge in [-0.2, -0.15) is 0 Å². The van der Waals surface area contributed by atoms with Crippen LogP contribution in [-0.2, 0) is 6.42 Å². The van der Waals surface area contributed by atoms with E-state index in [1.807, 2.05) is 24.4 Å². The molecule has 2 aliphatic heterocycles. The fourth-order valence-electron chi connectivity index (χ4n) is 5.65. The Morgan fingerprint density at radius 3 is 2.75 bits per heavy atom. The molecule has 0 unspecified atom stereocenters. The van der Waals surface area contributed by atoms with Gasteiger partial charge < -0.3 is 20.1 Å². The Hall–Kier alpha value is -3.16. The predicted octanol–water partition coefficient (Wildman–Crippen LogP) is 6.60.